The number of thiophene rings is 1. The van der Waals surface area contributed by atoms with Crippen LogP contribution in [0.3, 0.4) is 0 Å². The Bertz CT molecular complexity index is 693. The Morgan fingerprint density at radius 1 is 1.50 bits per heavy atom. The third kappa shape index (κ3) is 2.67. The molecular formula is C14H9ClFNO2S. The summed E-state index contributed by atoms with van der Waals surface area (Å²) in [7, 11) is 1.45. The summed E-state index contributed by atoms with van der Waals surface area (Å²) in [5.41, 5.74) is 0.288. The van der Waals surface area contributed by atoms with Gasteiger partial charge in [-0.3, -0.25) is 4.79 Å². The third-order valence-corrected chi connectivity index (χ3v) is 3.98. The maximum atomic E-state index is 13.0. The lowest BCUT2D eigenvalue weighted by atomic mass is 9.95. The number of Topliss-reactive ketones (excluding diaryl/α,β-unsaturated/α-hetero) is 1. The molecule has 2 rings (SSSR count). The molecule has 20 heavy (non-hydrogen) atoms. The van der Waals surface area contributed by atoms with Gasteiger partial charge in [-0.1, -0.05) is 17.7 Å². The lowest BCUT2D eigenvalue weighted by molar-refractivity contribution is 0.0980. The summed E-state index contributed by atoms with van der Waals surface area (Å²) in [5.74, 6) is -1.60. The van der Waals surface area contributed by atoms with Gasteiger partial charge in [0.2, 0.25) is 0 Å². The molecule has 0 fully saturated rings. The fourth-order valence-corrected chi connectivity index (χ4v) is 2.88. The molecule has 0 N–H and O–H groups in total. The number of nitriles is 1. The number of ketones is 1. The van der Waals surface area contributed by atoms with Crippen molar-refractivity contribution in [2.24, 2.45) is 0 Å². The summed E-state index contributed by atoms with van der Waals surface area (Å²) in [6.07, 6.45) is 0. The van der Waals surface area contributed by atoms with Crippen LogP contribution in [0.1, 0.15) is 21.2 Å². The maximum Gasteiger partial charge on any atom is 0.198 e. The van der Waals surface area contributed by atoms with E-state index in [1.54, 1.807) is 11.4 Å². The molecule has 0 aliphatic carbocycles. The van der Waals surface area contributed by atoms with Crippen molar-refractivity contribution in [2.45, 2.75) is 5.92 Å². The molecule has 1 aromatic carbocycles. The Morgan fingerprint density at radius 2 is 2.25 bits per heavy atom. The number of hydrogen-bond donors (Lipinski definition) is 0. The summed E-state index contributed by atoms with van der Waals surface area (Å²) >= 11 is 7.10. The van der Waals surface area contributed by atoms with Gasteiger partial charge in [-0.05, 0) is 29.1 Å². The van der Waals surface area contributed by atoms with Crippen molar-refractivity contribution in [3.05, 3.63) is 50.9 Å². The van der Waals surface area contributed by atoms with Gasteiger partial charge < -0.3 is 4.74 Å². The highest BCUT2D eigenvalue weighted by Gasteiger charge is 2.27. The van der Waals surface area contributed by atoms with Crippen LogP contribution in [0.15, 0.2) is 29.6 Å². The van der Waals surface area contributed by atoms with Crippen molar-refractivity contribution in [1.29, 1.82) is 5.26 Å². The highest BCUT2D eigenvalue weighted by molar-refractivity contribution is 7.12. The van der Waals surface area contributed by atoms with Crippen molar-refractivity contribution in [1.82, 2.24) is 0 Å². The van der Waals surface area contributed by atoms with Crippen molar-refractivity contribution in [3.8, 4) is 11.8 Å². The largest absolute Gasteiger partial charge is 0.495 e. The second kappa shape index (κ2) is 6.04. The Labute approximate surface area is 124 Å². The summed E-state index contributed by atoms with van der Waals surface area (Å²) in [6.45, 7) is 0. The van der Waals surface area contributed by atoms with E-state index < -0.39 is 17.5 Å². The molecule has 0 bridgehead atoms. The fourth-order valence-electron chi connectivity index (χ4n) is 1.77. The van der Waals surface area contributed by atoms with Crippen molar-refractivity contribution >= 4 is 28.7 Å². The van der Waals surface area contributed by atoms with Gasteiger partial charge in [-0.2, -0.15) is 5.26 Å². The zero-order chi connectivity index (χ0) is 14.7. The van der Waals surface area contributed by atoms with Crippen LogP contribution in [0, 0.1) is 17.1 Å². The molecule has 0 radical (unpaired) electrons. The molecule has 2 aromatic rings. The highest BCUT2D eigenvalue weighted by atomic mass is 35.5. The van der Waals surface area contributed by atoms with Crippen LogP contribution in [0.25, 0.3) is 0 Å². The van der Waals surface area contributed by atoms with Gasteiger partial charge in [0.05, 0.1) is 13.2 Å². The lowest BCUT2D eigenvalue weighted by Crippen LogP contribution is -2.11. The molecule has 0 saturated carbocycles. The van der Waals surface area contributed by atoms with Crippen LogP contribution in [-0.4, -0.2) is 12.9 Å². The maximum absolute atomic E-state index is 13.0. The number of halogens is 2. The zero-order valence-electron chi connectivity index (χ0n) is 10.4. The summed E-state index contributed by atoms with van der Waals surface area (Å²) < 4.78 is 18.1. The van der Waals surface area contributed by atoms with E-state index in [4.69, 9.17) is 16.3 Å². The average molecular weight is 310 g/mol. The molecule has 1 heterocycles. The molecule has 0 spiro atoms. The number of nitrogens with zero attached hydrogens (tertiary/aromatic N) is 1. The molecule has 1 atom stereocenters. The normalized spacial score (nSPS) is 11.7. The van der Waals surface area contributed by atoms with Crippen LogP contribution in [0.4, 0.5) is 4.39 Å². The minimum absolute atomic E-state index is 0.0559. The summed E-state index contributed by atoms with van der Waals surface area (Å²) in [5, 5.41) is 11.0. The second-order valence-corrected chi connectivity index (χ2v) is 5.23. The standard InChI is InChI=1S/C14H9ClFNO2S/c1-19-12-4-5-20-14(12)13(18)10(7-17)9-3-2-8(16)6-11(9)15/h2-6,10H,1H3. The molecular weight excluding hydrogens is 301 g/mol. The molecule has 1 unspecified atom stereocenters. The van der Waals surface area contributed by atoms with E-state index in [-0.39, 0.29) is 10.6 Å². The third-order valence-electron chi connectivity index (χ3n) is 2.74. The summed E-state index contributed by atoms with van der Waals surface area (Å²) in [4.78, 5) is 12.8. The number of benzene rings is 1. The molecule has 6 heteroatoms. The van der Waals surface area contributed by atoms with E-state index in [0.29, 0.717) is 10.6 Å². The Morgan fingerprint density at radius 3 is 2.85 bits per heavy atom. The smallest absolute Gasteiger partial charge is 0.198 e. The number of carbonyl (C=O) groups excluding carboxylic acids is 1. The van der Waals surface area contributed by atoms with E-state index in [9.17, 15) is 14.4 Å². The van der Waals surface area contributed by atoms with Gasteiger partial charge in [0.1, 0.15) is 22.4 Å². The van der Waals surface area contributed by atoms with Crippen LogP contribution < -0.4 is 4.74 Å². The first-order chi connectivity index (χ1) is 9.58. The van der Waals surface area contributed by atoms with Gasteiger partial charge in [0, 0.05) is 5.02 Å². The molecule has 0 aliphatic heterocycles. The zero-order valence-corrected chi connectivity index (χ0v) is 12.0. The van der Waals surface area contributed by atoms with Crippen LogP contribution in [0.5, 0.6) is 5.75 Å². The van der Waals surface area contributed by atoms with Gasteiger partial charge in [-0.15, -0.1) is 11.3 Å². The lowest BCUT2D eigenvalue weighted by Gasteiger charge is -2.10. The van der Waals surface area contributed by atoms with Crippen molar-refractivity contribution in [2.75, 3.05) is 7.11 Å². The van der Waals surface area contributed by atoms with Gasteiger partial charge in [0.15, 0.2) is 5.78 Å². The van der Waals surface area contributed by atoms with Crippen LogP contribution >= 0.6 is 22.9 Å². The number of methoxy groups -OCH3 is 1. The average Bonchev–Trinajstić information content (AvgIpc) is 2.90. The van der Waals surface area contributed by atoms with Crippen LogP contribution in [-0.2, 0) is 0 Å². The SMILES string of the molecule is COc1ccsc1C(=O)C(C#N)c1ccc(F)cc1Cl. The number of ether oxygens (including phenoxy) is 1. The number of rotatable bonds is 4. The van der Waals surface area contributed by atoms with Gasteiger partial charge in [-0.25, -0.2) is 4.39 Å². The van der Waals surface area contributed by atoms with Gasteiger partial charge in [0.25, 0.3) is 0 Å². The minimum atomic E-state index is -1.09. The molecule has 1 aromatic heterocycles. The second-order valence-electron chi connectivity index (χ2n) is 3.91. The highest BCUT2D eigenvalue weighted by Crippen LogP contribution is 2.33. The predicted molar refractivity (Wildman–Crippen MR) is 75.0 cm³/mol. The topological polar surface area (TPSA) is 50.1 Å². The minimum Gasteiger partial charge on any atom is -0.495 e. The van der Waals surface area contributed by atoms with Gasteiger partial charge >= 0.3 is 0 Å². The molecule has 0 amide bonds. The van der Waals surface area contributed by atoms with E-state index >= 15 is 0 Å². The first-order valence-corrected chi connectivity index (χ1v) is 6.84. The molecule has 0 saturated heterocycles. The van der Waals surface area contributed by atoms with E-state index in [2.05, 4.69) is 0 Å². The number of carbonyl (C=O) groups is 1. The number of hydrogen-bond acceptors (Lipinski definition) is 4. The molecule has 3 nitrogen and oxygen atoms in total. The van der Waals surface area contributed by atoms with Crippen molar-refractivity contribution < 1.29 is 13.9 Å². The Balaban J connectivity index is 2.43. The predicted octanol–water partition coefficient (Wildman–Crippen LogP) is 4.04. The van der Waals surface area contributed by atoms with Crippen LogP contribution in [0.2, 0.25) is 5.02 Å². The summed E-state index contributed by atoms with van der Waals surface area (Å²) in [6, 6.07) is 7.17. The quantitative estimate of drug-likeness (QED) is 0.801. The fraction of sp³-hybridized carbons (Fsp3) is 0.143. The van der Waals surface area contributed by atoms with E-state index in [1.165, 1.54) is 30.6 Å². The first kappa shape index (κ1) is 14.5. The Hall–Kier alpha value is -1.90. The molecule has 0 aliphatic rings. The monoisotopic (exact) mass is 309 g/mol. The Kier molecular flexibility index (Phi) is 4.38. The van der Waals surface area contributed by atoms with Crippen molar-refractivity contribution in [3.63, 3.8) is 0 Å². The first-order valence-electron chi connectivity index (χ1n) is 5.58. The van der Waals surface area contributed by atoms with E-state index in [0.717, 1.165) is 6.07 Å². The molecule has 102 valence electrons. The van der Waals surface area contributed by atoms with E-state index in [1.807, 2.05) is 6.07 Å².